The third-order valence-corrected chi connectivity index (χ3v) is 6.40. The predicted octanol–water partition coefficient (Wildman–Crippen LogP) is 8.43. The molecule has 3 rings (SSSR count). The van der Waals surface area contributed by atoms with Crippen molar-refractivity contribution in [3.05, 3.63) is 66.5 Å². The second kappa shape index (κ2) is 14.9. The Hall–Kier alpha value is -2.07. The van der Waals surface area contributed by atoms with E-state index in [0.29, 0.717) is 0 Å². The minimum Gasteiger partial charge on any atom is -0.255 e. The Morgan fingerprint density at radius 2 is 1.00 bits per heavy atom. The maximum atomic E-state index is 4.86. The highest BCUT2D eigenvalue weighted by atomic mass is 79.9. The molecule has 3 heterocycles. The van der Waals surface area contributed by atoms with Crippen LogP contribution in [0.4, 0.5) is 0 Å². The van der Waals surface area contributed by atoms with Gasteiger partial charge in [0.25, 0.3) is 0 Å². The van der Waals surface area contributed by atoms with Crippen LogP contribution >= 0.6 is 15.9 Å². The molecule has 3 aromatic heterocycles. The first-order valence-electron chi connectivity index (χ1n) is 12.3. The molecule has 0 aliphatic heterocycles. The molecule has 0 unspecified atom stereocenters. The standard InChI is InChI=1S/C28H36BrN3/c29-19-13-9-7-5-3-1-2-4-6-8-10-16-24-22-27(25-17-11-14-20-30-25)32-28(23-24)26-18-12-15-21-31-26/h11-12,14-15,17-18,20-23H,1-10,13,16,19H2. The van der Waals surface area contributed by atoms with Gasteiger partial charge in [0.1, 0.15) is 0 Å². The Bertz CT molecular complexity index is 826. The zero-order valence-corrected chi connectivity index (χ0v) is 20.8. The Kier molecular flexibility index (Phi) is 11.4. The number of alkyl halides is 1. The first kappa shape index (κ1) is 24.6. The predicted molar refractivity (Wildman–Crippen MR) is 139 cm³/mol. The topological polar surface area (TPSA) is 38.7 Å². The number of aromatic nitrogens is 3. The van der Waals surface area contributed by atoms with Crippen LogP contribution in [-0.2, 0) is 6.42 Å². The van der Waals surface area contributed by atoms with Crippen LogP contribution in [0.5, 0.6) is 0 Å². The molecule has 0 spiro atoms. The highest BCUT2D eigenvalue weighted by Crippen LogP contribution is 2.24. The molecule has 4 heteroatoms. The zero-order valence-electron chi connectivity index (χ0n) is 19.2. The van der Waals surface area contributed by atoms with Gasteiger partial charge in [0.2, 0.25) is 0 Å². The van der Waals surface area contributed by atoms with Gasteiger partial charge in [0, 0.05) is 17.7 Å². The molecule has 0 amide bonds. The van der Waals surface area contributed by atoms with Crippen LogP contribution in [0.3, 0.4) is 0 Å². The van der Waals surface area contributed by atoms with E-state index in [9.17, 15) is 0 Å². The quantitative estimate of drug-likeness (QED) is 0.157. The normalized spacial score (nSPS) is 11.0. The molecule has 0 atom stereocenters. The highest BCUT2D eigenvalue weighted by molar-refractivity contribution is 9.09. The summed E-state index contributed by atoms with van der Waals surface area (Å²) in [6, 6.07) is 16.4. The molecule has 170 valence electrons. The summed E-state index contributed by atoms with van der Waals surface area (Å²) in [4.78, 5) is 13.9. The van der Waals surface area contributed by atoms with E-state index >= 15 is 0 Å². The van der Waals surface area contributed by atoms with Crippen molar-refractivity contribution < 1.29 is 0 Å². The third kappa shape index (κ3) is 8.82. The first-order chi connectivity index (χ1) is 15.9. The van der Waals surface area contributed by atoms with Crippen LogP contribution in [0.2, 0.25) is 0 Å². The number of nitrogens with zero attached hydrogens (tertiary/aromatic N) is 3. The second-order valence-corrected chi connectivity index (χ2v) is 9.30. The maximum Gasteiger partial charge on any atom is 0.0897 e. The van der Waals surface area contributed by atoms with Gasteiger partial charge in [-0.2, -0.15) is 0 Å². The van der Waals surface area contributed by atoms with Gasteiger partial charge in [-0.15, -0.1) is 0 Å². The summed E-state index contributed by atoms with van der Waals surface area (Å²) < 4.78 is 0. The van der Waals surface area contributed by atoms with Crippen LogP contribution in [0.1, 0.15) is 76.2 Å². The lowest BCUT2D eigenvalue weighted by molar-refractivity contribution is 0.550. The number of hydrogen-bond acceptors (Lipinski definition) is 3. The summed E-state index contributed by atoms with van der Waals surface area (Å²) in [5.74, 6) is 0. The van der Waals surface area contributed by atoms with Crippen LogP contribution < -0.4 is 0 Å². The van der Waals surface area contributed by atoms with Gasteiger partial charge in [-0.1, -0.05) is 85.9 Å². The molecular formula is C28H36BrN3. The highest BCUT2D eigenvalue weighted by Gasteiger charge is 2.09. The van der Waals surface area contributed by atoms with Crippen molar-refractivity contribution in [2.24, 2.45) is 0 Å². The number of unbranched alkanes of at least 4 members (excludes halogenated alkanes) is 10. The smallest absolute Gasteiger partial charge is 0.0897 e. The van der Waals surface area contributed by atoms with E-state index in [1.165, 1.54) is 76.2 Å². The van der Waals surface area contributed by atoms with E-state index in [0.717, 1.165) is 34.5 Å². The number of aryl methyl sites for hydroxylation is 1. The van der Waals surface area contributed by atoms with E-state index in [2.05, 4.69) is 38.0 Å². The number of hydrogen-bond donors (Lipinski definition) is 0. The zero-order chi connectivity index (χ0) is 22.3. The molecule has 0 aliphatic carbocycles. The lowest BCUT2D eigenvalue weighted by Gasteiger charge is -2.09. The summed E-state index contributed by atoms with van der Waals surface area (Å²) in [5, 5.41) is 1.15. The van der Waals surface area contributed by atoms with E-state index in [1.54, 1.807) is 0 Å². The summed E-state index contributed by atoms with van der Waals surface area (Å²) in [7, 11) is 0. The molecule has 0 aromatic carbocycles. The molecule has 0 saturated heterocycles. The summed E-state index contributed by atoms with van der Waals surface area (Å²) >= 11 is 3.51. The summed E-state index contributed by atoms with van der Waals surface area (Å²) in [6.45, 7) is 0. The third-order valence-electron chi connectivity index (χ3n) is 5.84. The monoisotopic (exact) mass is 493 g/mol. The Morgan fingerprint density at radius 1 is 0.531 bits per heavy atom. The second-order valence-electron chi connectivity index (χ2n) is 8.50. The fourth-order valence-electron chi connectivity index (χ4n) is 4.04. The molecule has 0 aliphatic rings. The minimum absolute atomic E-state index is 0.915. The molecule has 0 saturated carbocycles. The Morgan fingerprint density at radius 3 is 1.44 bits per heavy atom. The summed E-state index contributed by atoms with van der Waals surface area (Å²) in [6.07, 6.45) is 19.7. The van der Waals surface area contributed by atoms with E-state index in [1.807, 2.05) is 48.8 Å². The van der Waals surface area contributed by atoms with Gasteiger partial charge < -0.3 is 0 Å². The van der Waals surface area contributed by atoms with Crippen LogP contribution in [0.25, 0.3) is 22.8 Å². The molecule has 32 heavy (non-hydrogen) atoms. The molecular weight excluding hydrogens is 458 g/mol. The molecule has 0 fully saturated rings. The van der Waals surface area contributed by atoms with E-state index in [-0.39, 0.29) is 0 Å². The van der Waals surface area contributed by atoms with Gasteiger partial charge >= 0.3 is 0 Å². The molecule has 0 N–H and O–H groups in total. The average molecular weight is 495 g/mol. The molecule has 0 bridgehead atoms. The van der Waals surface area contributed by atoms with Gasteiger partial charge in [-0.05, 0) is 61.2 Å². The van der Waals surface area contributed by atoms with Crippen LogP contribution in [0.15, 0.2) is 60.9 Å². The first-order valence-corrected chi connectivity index (χ1v) is 13.4. The van der Waals surface area contributed by atoms with Crippen molar-refractivity contribution in [1.29, 1.82) is 0 Å². The largest absolute Gasteiger partial charge is 0.255 e. The Balaban J connectivity index is 1.45. The molecule has 0 radical (unpaired) electrons. The van der Waals surface area contributed by atoms with Crippen LogP contribution in [0, 0.1) is 0 Å². The fourth-order valence-corrected chi connectivity index (χ4v) is 4.43. The van der Waals surface area contributed by atoms with Gasteiger partial charge in [-0.25, -0.2) is 4.98 Å². The molecule has 3 aromatic rings. The lowest BCUT2D eigenvalue weighted by atomic mass is 10.0. The van der Waals surface area contributed by atoms with Gasteiger partial charge in [-0.3, -0.25) is 9.97 Å². The van der Waals surface area contributed by atoms with Crippen molar-refractivity contribution in [3.8, 4) is 22.8 Å². The Labute approximate surface area is 202 Å². The van der Waals surface area contributed by atoms with Crippen molar-refractivity contribution in [1.82, 2.24) is 15.0 Å². The van der Waals surface area contributed by atoms with E-state index < -0.39 is 0 Å². The van der Waals surface area contributed by atoms with Gasteiger partial charge in [0.15, 0.2) is 0 Å². The number of rotatable bonds is 15. The maximum absolute atomic E-state index is 4.86. The van der Waals surface area contributed by atoms with E-state index in [4.69, 9.17) is 4.98 Å². The van der Waals surface area contributed by atoms with Crippen LogP contribution in [-0.4, -0.2) is 20.3 Å². The van der Waals surface area contributed by atoms with Crippen molar-refractivity contribution in [2.75, 3.05) is 5.33 Å². The average Bonchev–Trinajstić information content (AvgIpc) is 2.85. The number of pyridine rings is 3. The van der Waals surface area contributed by atoms with Crippen molar-refractivity contribution in [2.45, 2.75) is 77.0 Å². The summed E-state index contributed by atoms with van der Waals surface area (Å²) in [5.41, 5.74) is 5.02. The molecule has 3 nitrogen and oxygen atoms in total. The SMILES string of the molecule is BrCCCCCCCCCCCCCc1cc(-c2ccccn2)nc(-c2ccccn2)c1. The lowest BCUT2D eigenvalue weighted by Crippen LogP contribution is -1.96. The van der Waals surface area contributed by atoms with Gasteiger partial charge in [0.05, 0.1) is 22.8 Å². The van der Waals surface area contributed by atoms with Crippen molar-refractivity contribution >= 4 is 15.9 Å². The number of halogens is 1. The van der Waals surface area contributed by atoms with Crippen molar-refractivity contribution in [3.63, 3.8) is 0 Å². The fraction of sp³-hybridized carbons (Fsp3) is 0.464. The minimum atomic E-state index is 0.915.